The lowest BCUT2D eigenvalue weighted by Gasteiger charge is -2.07. The number of anilines is 1. The molecule has 2 rings (SSSR count). The topological polar surface area (TPSA) is 77.5 Å². The number of hydrogen-bond acceptors (Lipinski definition) is 7. The van der Waals surface area contributed by atoms with Crippen molar-refractivity contribution < 1.29 is 19.1 Å². The van der Waals surface area contributed by atoms with Crippen LogP contribution in [0.5, 0.6) is 0 Å². The molecule has 1 N–H and O–H groups in total. The molecular formula is C14H20N2O4S. The highest BCUT2D eigenvalue weighted by molar-refractivity contribution is 7.17. The smallest absolute Gasteiger partial charge is 0.358 e. The summed E-state index contributed by atoms with van der Waals surface area (Å²) >= 11 is 1.20. The van der Waals surface area contributed by atoms with Gasteiger partial charge in [-0.25, -0.2) is 9.78 Å². The predicted octanol–water partition coefficient (Wildman–Crippen LogP) is 2.36. The zero-order valence-corrected chi connectivity index (χ0v) is 13.1. The van der Waals surface area contributed by atoms with Gasteiger partial charge in [0.1, 0.15) is 4.88 Å². The van der Waals surface area contributed by atoms with Crippen LogP contribution in [-0.4, -0.2) is 43.1 Å². The molecule has 2 heterocycles. The van der Waals surface area contributed by atoms with Crippen LogP contribution < -0.4 is 5.32 Å². The Morgan fingerprint density at radius 1 is 1.52 bits per heavy atom. The van der Waals surface area contributed by atoms with Gasteiger partial charge in [-0.05, 0) is 25.7 Å². The number of rotatable bonds is 7. The Labute approximate surface area is 127 Å². The van der Waals surface area contributed by atoms with E-state index in [1.165, 1.54) is 18.3 Å². The first-order valence-electron chi connectivity index (χ1n) is 7.12. The number of ketones is 1. The summed E-state index contributed by atoms with van der Waals surface area (Å²) in [6.07, 6.45) is 2.08. The molecule has 0 bridgehead atoms. The number of nitrogens with zero attached hydrogens (tertiary/aromatic N) is 1. The molecule has 1 aromatic rings. The molecule has 21 heavy (non-hydrogen) atoms. The number of esters is 1. The van der Waals surface area contributed by atoms with E-state index < -0.39 is 5.97 Å². The minimum Gasteiger partial charge on any atom is -0.461 e. The molecule has 7 heteroatoms. The van der Waals surface area contributed by atoms with Gasteiger partial charge in [0.25, 0.3) is 0 Å². The average Bonchev–Trinajstić information content (AvgIpc) is 3.08. The van der Waals surface area contributed by atoms with Crippen molar-refractivity contribution in [1.82, 2.24) is 4.98 Å². The number of thiazole rings is 1. The summed E-state index contributed by atoms with van der Waals surface area (Å²) in [7, 11) is 0. The molecule has 1 aromatic heterocycles. The lowest BCUT2D eigenvalue weighted by Crippen LogP contribution is -2.10. The van der Waals surface area contributed by atoms with Gasteiger partial charge in [-0.1, -0.05) is 11.3 Å². The first-order valence-corrected chi connectivity index (χ1v) is 7.94. The summed E-state index contributed by atoms with van der Waals surface area (Å²) in [6, 6.07) is 0. The van der Waals surface area contributed by atoms with Crippen LogP contribution in [0.3, 0.4) is 0 Å². The van der Waals surface area contributed by atoms with Crippen LogP contribution in [0.4, 0.5) is 5.13 Å². The van der Waals surface area contributed by atoms with E-state index in [9.17, 15) is 9.59 Å². The second-order valence-corrected chi connectivity index (χ2v) is 5.92. The molecule has 1 atom stereocenters. The number of carbonyl (C=O) groups excluding carboxylic acids is 2. The molecule has 1 unspecified atom stereocenters. The first-order chi connectivity index (χ1) is 10.1. The summed E-state index contributed by atoms with van der Waals surface area (Å²) in [4.78, 5) is 27.9. The van der Waals surface area contributed by atoms with Crippen molar-refractivity contribution in [3.8, 4) is 0 Å². The molecule has 1 fully saturated rings. The Bertz CT molecular complexity index is 509. The third kappa shape index (κ3) is 4.25. The quantitative estimate of drug-likeness (QED) is 0.615. The monoisotopic (exact) mass is 312 g/mol. The van der Waals surface area contributed by atoms with Crippen molar-refractivity contribution in [1.29, 1.82) is 0 Å². The van der Waals surface area contributed by atoms with E-state index in [0.717, 1.165) is 32.6 Å². The summed E-state index contributed by atoms with van der Waals surface area (Å²) in [5, 5.41) is 3.76. The van der Waals surface area contributed by atoms with Crippen LogP contribution in [0.25, 0.3) is 0 Å². The van der Waals surface area contributed by atoms with Gasteiger partial charge in [0, 0.05) is 26.7 Å². The lowest BCUT2D eigenvalue weighted by atomic mass is 10.1. The molecule has 0 saturated carbocycles. The summed E-state index contributed by atoms with van der Waals surface area (Å²) in [5.74, 6) is -0.141. The van der Waals surface area contributed by atoms with E-state index in [1.54, 1.807) is 6.92 Å². The van der Waals surface area contributed by atoms with Gasteiger partial charge in [-0.3, -0.25) is 4.79 Å². The molecule has 6 nitrogen and oxygen atoms in total. The van der Waals surface area contributed by atoms with Crippen LogP contribution in [-0.2, 0) is 9.47 Å². The van der Waals surface area contributed by atoms with E-state index in [-0.39, 0.29) is 18.1 Å². The summed E-state index contributed by atoms with van der Waals surface area (Å²) in [5.41, 5.74) is 0.112. The second-order valence-electron chi connectivity index (χ2n) is 4.92. The third-order valence-electron chi connectivity index (χ3n) is 3.27. The maximum atomic E-state index is 11.8. The van der Waals surface area contributed by atoms with Gasteiger partial charge in [-0.2, -0.15) is 0 Å². The number of Topliss-reactive ketones (excluding diaryl/α,β-unsaturated/α-hetero) is 1. The molecule has 0 spiro atoms. The van der Waals surface area contributed by atoms with Crippen molar-refractivity contribution in [3.05, 3.63) is 10.6 Å². The number of ether oxygens (including phenoxy) is 2. The van der Waals surface area contributed by atoms with E-state index in [2.05, 4.69) is 10.3 Å². The third-order valence-corrected chi connectivity index (χ3v) is 4.38. The average molecular weight is 312 g/mol. The van der Waals surface area contributed by atoms with Crippen molar-refractivity contribution in [2.24, 2.45) is 5.92 Å². The maximum absolute atomic E-state index is 11.8. The van der Waals surface area contributed by atoms with Gasteiger partial charge >= 0.3 is 5.97 Å². The van der Waals surface area contributed by atoms with Crippen LogP contribution >= 0.6 is 11.3 Å². The van der Waals surface area contributed by atoms with Crippen molar-refractivity contribution >= 4 is 28.2 Å². The molecule has 1 saturated heterocycles. The minimum atomic E-state index is -0.545. The van der Waals surface area contributed by atoms with Gasteiger partial charge in [0.05, 0.1) is 6.61 Å². The Morgan fingerprint density at radius 2 is 2.33 bits per heavy atom. The fourth-order valence-electron chi connectivity index (χ4n) is 2.17. The van der Waals surface area contributed by atoms with Crippen LogP contribution in [0, 0.1) is 5.92 Å². The van der Waals surface area contributed by atoms with Crippen LogP contribution in [0.15, 0.2) is 0 Å². The molecule has 0 radical (unpaired) electrons. The molecular weight excluding hydrogens is 292 g/mol. The van der Waals surface area contributed by atoms with E-state index >= 15 is 0 Å². The standard InChI is InChI=1S/C14H20N2O4S/c1-3-20-13(18)11-12(9(2)17)21-14(16-11)15-6-4-10-5-7-19-8-10/h10H,3-8H2,1-2H3,(H,15,16). The molecule has 1 aliphatic heterocycles. The summed E-state index contributed by atoms with van der Waals surface area (Å²) < 4.78 is 10.3. The molecule has 116 valence electrons. The minimum absolute atomic E-state index is 0.112. The maximum Gasteiger partial charge on any atom is 0.358 e. The van der Waals surface area contributed by atoms with Crippen LogP contribution in [0.2, 0.25) is 0 Å². The van der Waals surface area contributed by atoms with Crippen molar-refractivity contribution in [2.75, 3.05) is 31.7 Å². The van der Waals surface area contributed by atoms with E-state index in [4.69, 9.17) is 9.47 Å². The zero-order chi connectivity index (χ0) is 15.2. The fraction of sp³-hybridized carbons (Fsp3) is 0.643. The zero-order valence-electron chi connectivity index (χ0n) is 12.3. The predicted molar refractivity (Wildman–Crippen MR) is 80.1 cm³/mol. The number of nitrogens with one attached hydrogen (secondary N) is 1. The highest BCUT2D eigenvalue weighted by Crippen LogP contribution is 2.25. The van der Waals surface area contributed by atoms with Gasteiger partial charge in [0.15, 0.2) is 16.6 Å². The SMILES string of the molecule is CCOC(=O)c1nc(NCCC2CCOC2)sc1C(C)=O. The first kappa shape index (κ1) is 15.9. The Kier molecular flexibility index (Phi) is 5.69. The Hall–Kier alpha value is -1.47. The molecule has 0 aromatic carbocycles. The van der Waals surface area contributed by atoms with E-state index in [1.807, 2.05) is 0 Å². The van der Waals surface area contributed by atoms with Crippen LogP contribution in [0.1, 0.15) is 46.8 Å². The molecule has 0 aliphatic carbocycles. The van der Waals surface area contributed by atoms with Gasteiger partial charge in [-0.15, -0.1) is 0 Å². The normalized spacial score (nSPS) is 17.7. The van der Waals surface area contributed by atoms with Crippen molar-refractivity contribution in [3.63, 3.8) is 0 Å². The lowest BCUT2D eigenvalue weighted by molar-refractivity contribution is 0.0517. The number of carbonyl (C=O) groups is 2. The fourth-order valence-corrected chi connectivity index (χ4v) is 3.04. The Balaban J connectivity index is 1.97. The van der Waals surface area contributed by atoms with Crippen molar-refractivity contribution in [2.45, 2.75) is 26.7 Å². The Morgan fingerprint density at radius 3 is 2.95 bits per heavy atom. The number of aromatic nitrogens is 1. The highest BCUT2D eigenvalue weighted by Gasteiger charge is 2.22. The second kappa shape index (κ2) is 7.51. The molecule has 0 amide bonds. The summed E-state index contributed by atoms with van der Waals surface area (Å²) in [6.45, 7) is 5.81. The number of hydrogen-bond donors (Lipinski definition) is 1. The van der Waals surface area contributed by atoms with Gasteiger partial charge in [0.2, 0.25) is 0 Å². The van der Waals surface area contributed by atoms with E-state index in [0.29, 0.717) is 15.9 Å². The highest BCUT2D eigenvalue weighted by atomic mass is 32.1. The largest absolute Gasteiger partial charge is 0.461 e. The van der Waals surface area contributed by atoms with Gasteiger partial charge < -0.3 is 14.8 Å². The molecule has 1 aliphatic rings.